The van der Waals surface area contributed by atoms with Crippen LogP contribution in [0.3, 0.4) is 0 Å². The molecule has 1 saturated heterocycles. The molecule has 0 spiro atoms. The number of benzene rings is 2. The lowest BCUT2D eigenvalue weighted by Crippen LogP contribution is -2.35. The van der Waals surface area contributed by atoms with Gasteiger partial charge in [-0.3, -0.25) is 9.59 Å². The third-order valence-electron chi connectivity index (χ3n) is 5.60. The number of amides is 1. The SMILES string of the molecule is O=C1CCCCN1c1ccc(-c2nc3ccc(Cl)cc3c(=O)n2-c2ccc(Cl)cn2)c(F)c1. The number of rotatable bonds is 3. The Morgan fingerprint density at radius 1 is 0.939 bits per heavy atom. The number of hydrogen-bond donors (Lipinski definition) is 0. The van der Waals surface area contributed by atoms with Crippen molar-refractivity contribution in [3.8, 4) is 17.2 Å². The first kappa shape index (κ1) is 21.6. The molecule has 1 amide bonds. The van der Waals surface area contributed by atoms with Crippen molar-refractivity contribution in [2.24, 2.45) is 0 Å². The van der Waals surface area contributed by atoms with E-state index < -0.39 is 11.4 Å². The lowest BCUT2D eigenvalue weighted by Gasteiger charge is -2.27. The molecule has 0 saturated carbocycles. The van der Waals surface area contributed by atoms with E-state index in [0.717, 1.165) is 12.8 Å². The number of halogens is 3. The first-order valence-electron chi connectivity index (χ1n) is 10.4. The quantitative estimate of drug-likeness (QED) is 0.391. The number of anilines is 1. The van der Waals surface area contributed by atoms with Crippen LogP contribution in [0.5, 0.6) is 0 Å². The van der Waals surface area contributed by atoms with Gasteiger partial charge < -0.3 is 4.90 Å². The minimum absolute atomic E-state index is 0.0311. The first-order valence-corrected chi connectivity index (χ1v) is 11.1. The van der Waals surface area contributed by atoms with Gasteiger partial charge in [-0.1, -0.05) is 23.2 Å². The van der Waals surface area contributed by atoms with Crippen molar-refractivity contribution in [1.29, 1.82) is 0 Å². The van der Waals surface area contributed by atoms with E-state index in [9.17, 15) is 9.59 Å². The second-order valence-corrected chi connectivity index (χ2v) is 8.61. The van der Waals surface area contributed by atoms with Crippen molar-refractivity contribution in [2.45, 2.75) is 19.3 Å². The highest BCUT2D eigenvalue weighted by atomic mass is 35.5. The molecule has 3 heterocycles. The van der Waals surface area contributed by atoms with E-state index >= 15 is 4.39 Å². The molecule has 2 aromatic heterocycles. The molecule has 6 nitrogen and oxygen atoms in total. The number of nitrogens with zero attached hydrogens (tertiary/aromatic N) is 4. The molecule has 1 aliphatic rings. The topological polar surface area (TPSA) is 68.1 Å². The largest absolute Gasteiger partial charge is 0.312 e. The van der Waals surface area contributed by atoms with Crippen LogP contribution in [0.1, 0.15) is 19.3 Å². The summed E-state index contributed by atoms with van der Waals surface area (Å²) in [6.45, 7) is 0.548. The maximum absolute atomic E-state index is 15.4. The van der Waals surface area contributed by atoms with Gasteiger partial charge in [0.1, 0.15) is 11.6 Å². The molecule has 0 bridgehead atoms. The van der Waals surface area contributed by atoms with Crippen LogP contribution in [-0.2, 0) is 4.79 Å². The molecular weight excluding hydrogens is 466 g/mol. The van der Waals surface area contributed by atoms with E-state index in [1.54, 1.807) is 35.2 Å². The number of fused-ring (bicyclic) bond motifs is 1. The van der Waals surface area contributed by atoms with Crippen LogP contribution in [0, 0.1) is 5.82 Å². The second-order valence-electron chi connectivity index (χ2n) is 7.74. The van der Waals surface area contributed by atoms with E-state index in [1.165, 1.54) is 29.0 Å². The summed E-state index contributed by atoms with van der Waals surface area (Å²) in [5.74, 6) is -0.313. The summed E-state index contributed by atoms with van der Waals surface area (Å²) in [6, 6.07) is 12.4. The first-order chi connectivity index (χ1) is 15.9. The molecule has 9 heteroatoms. The van der Waals surface area contributed by atoms with Crippen LogP contribution >= 0.6 is 23.2 Å². The molecule has 33 heavy (non-hydrogen) atoms. The van der Waals surface area contributed by atoms with E-state index in [2.05, 4.69) is 9.97 Å². The van der Waals surface area contributed by atoms with Gasteiger partial charge in [0.05, 0.1) is 21.5 Å². The summed E-state index contributed by atoms with van der Waals surface area (Å²) in [6.07, 6.45) is 3.55. The average molecular weight is 483 g/mol. The maximum Gasteiger partial charge on any atom is 0.267 e. The Morgan fingerprint density at radius 3 is 2.48 bits per heavy atom. The van der Waals surface area contributed by atoms with Gasteiger partial charge in [-0.2, -0.15) is 0 Å². The van der Waals surface area contributed by atoms with Crippen LogP contribution in [0.2, 0.25) is 10.0 Å². The highest BCUT2D eigenvalue weighted by Crippen LogP contribution is 2.30. The van der Waals surface area contributed by atoms with E-state index in [4.69, 9.17) is 23.2 Å². The highest BCUT2D eigenvalue weighted by Gasteiger charge is 2.23. The maximum atomic E-state index is 15.4. The van der Waals surface area contributed by atoms with Crippen LogP contribution < -0.4 is 10.5 Å². The molecule has 166 valence electrons. The zero-order valence-corrected chi connectivity index (χ0v) is 18.8. The third kappa shape index (κ3) is 3.98. The molecule has 5 rings (SSSR count). The fourth-order valence-electron chi connectivity index (χ4n) is 3.98. The smallest absolute Gasteiger partial charge is 0.267 e. The van der Waals surface area contributed by atoms with Crippen LogP contribution in [-0.4, -0.2) is 27.0 Å². The van der Waals surface area contributed by atoms with Crippen molar-refractivity contribution < 1.29 is 9.18 Å². The van der Waals surface area contributed by atoms with Crippen molar-refractivity contribution in [2.75, 3.05) is 11.4 Å². The van der Waals surface area contributed by atoms with Gasteiger partial charge in [0.2, 0.25) is 5.91 Å². The van der Waals surface area contributed by atoms with Gasteiger partial charge >= 0.3 is 0 Å². The van der Waals surface area contributed by atoms with Crippen LogP contribution in [0.4, 0.5) is 10.1 Å². The number of hydrogen-bond acceptors (Lipinski definition) is 4. The number of aromatic nitrogens is 3. The Bertz CT molecular complexity index is 1450. The van der Waals surface area contributed by atoms with Gasteiger partial charge in [0.15, 0.2) is 5.82 Å². The summed E-state index contributed by atoms with van der Waals surface area (Å²) >= 11 is 12.1. The Balaban J connectivity index is 1.72. The number of pyridine rings is 1. The normalized spacial score (nSPS) is 14.2. The lowest BCUT2D eigenvalue weighted by atomic mass is 10.1. The van der Waals surface area contributed by atoms with Gasteiger partial charge in [-0.15, -0.1) is 0 Å². The summed E-state index contributed by atoms with van der Waals surface area (Å²) in [5, 5.41) is 1.05. The predicted octanol–water partition coefficient (Wildman–Crippen LogP) is 5.41. The molecule has 1 fully saturated rings. The Kier molecular flexibility index (Phi) is 5.60. The fourth-order valence-corrected chi connectivity index (χ4v) is 4.27. The van der Waals surface area contributed by atoms with E-state index in [0.29, 0.717) is 34.2 Å². The molecule has 0 unspecified atom stereocenters. The van der Waals surface area contributed by atoms with Crippen molar-refractivity contribution >= 4 is 45.7 Å². The zero-order chi connectivity index (χ0) is 23.1. The fraction of sp³-hybridized carbons (Fsp3) is 0.167. The Labute approximate surface area is 198 Å². The number of piperidine rings is 1. The van der Waals surface area contributed by atoms with Gasteiger partial charge in [0.25, 0.3) is 5.56 Å². The molecule has 0 atom stereocenters. The molecule has 1 aliphatic heterocycles. The summed E-state index contributed by atoms with van der Waals surface area (Å²) in [7, 11) is 0. The van der Waals surface area contributed by atoms with E-state index in [1.807, 2.05) is 0 Å². The minimum atomic E-state index is -0.603. The van der Waals surface area contributed by atoms with Gasteiger partial charge in [0, 0.05) is 29.9 Å². The van der Waals surface area contributed by atoms with Gasteiger partial charge in [-0.05, 0) is 61.4 Å². The molecule has 0 aliphatic carbocycles. The minimum Gasteiger partial charge on any atom is -0.312 e. The van der Waals surface area contributed by atoms with E-state index in [-0.39, 0.29) is 28.5 Å². The standard InChI is InChI=1S/C24H17Cl2FN4O2/c25-14-4-8-20-18(11-14)24(33)31(21-9-5-15(26)13-28-21)23(29-20)17-7-6-16(12-19(17)27)30-10-2-1-3-22(30)32/h4-9,11-13H,1-3,10H2. The molecule has 2 aromatic carbocycles. The predicted molar refractivity (Wildman–Crippen MR) is 127 cm³/mol. The summed E-state index contributed by atoms with van der Waals surface area (Å²) in [5.41, 5.74) is 0.516. The Hall–Kier alpha value is -3.29. The molecule has 0 radical (unpaired) electrons. The Morgan fingerprint density at radius 2 is 1.76 bits per heavy atom. The van der Waals surface area contributed by atoms with Crippen molar-refractivity contribution in [3.05, 3.63) is 80.9 Å². The van der Waals surface area contributed by atoms with Crippen molar-refractivity contribution in [3.63, 3.8) is 0 Å². The molecular formula is C24H17Cl2FN4O2. The van der Waals surface area contributed by atoms with Gasteiger partial charge in [-0.25, -0.2) is 18.9 Å². The van der Waals surface area contributed by atoms with Crippen LogP contribution in [0.25, 0.3) is 28.1 Å². The zero-order valence-electron chi connectivity index (χ0n) is 17.3. The number of carbonyl (C=O) groups excluding carboxylic acids is 1. The second kappa shape index (κ2) is 8.57. The van der Waals surface area contributed by atoms with Crippen molar-refractivity contribution in [1.82, 2.24) is 14.5 Å². The average Bonchev–Trinajstić information content (AvgIpc) is 2.80. The molecule has 4 aromatic rings. The lowest BCUT2D eigenvalue weighted by molar-refractivity contribution is -0.119. The summed E-state index contributed by atoms with van der Waals surface area (Å²) < 4.78 is 16.7. The molecule has 0 N–H and O–H groups in total. The highest BCUT2D eigenvalue weighted by molar-refractivity contribution is 6.31. The monoisotopic (exact) mass is 482 g/mol. The summed E-state index contributed by atoms with van der Waals surface area (Å²) in [4.78, 5) is 36.1. The number of carbonyl (C=O) groups is 1. The van der Waals surface area contributed by atoms with Crippen LogP contribution in [0.15, 0.2) is 59.5 Å². The third-order valence-corrected chi connectivity index (χ3v) is 6.06.